The average molecular weight is 435 g/mol. The maximum Gasteiger partial charge on any atom is 0.251 e. The van der Waals surface area contributed by atoms with Gasteiger partial charge in [-0.2, -0.15) is 0 Å². The monoisotopic (exact) mass is 434 g/mol. The molecule has 0 saturated heterocycles. The van der Waals surface area contributed by atoms with Crippen molar-refractivity contribution in [2.45, 2.75) is 57.4 Å². The summed E-state index contributed by atoms with van der Waals surface area (Å²) in [6.45, 7) is 8.84. The van der Waals surface area contributed by atoms with E-state index < -0.39 is 0 Å². The van der Waals surface area contributed by atoms with Crippen LogP contribution in [-0.4, -0.2) is 35.5 Å². The van der Waals surface area contributed by atoms with Crippen molar-refractivity contribution in [1.82, 2.24) is 15.3 Å². The van der Waals surface area contributed by atoms with Gasteiger partial charge in [-0.25, -0.2) is 9.97 Å². The molecule has 0 spiro atoms. The Morgan fingerprint density at radius 1 is 1.07 bits per heavy atom. The van der Waals surface area contributed by atoms with Crippen LogP contribution in [0.5, 0.6) is 0 Å². The Morgan fingerprint density at radius 2 is 1.79 bits per heavy atom. The summed E-state index contributed by atoms with van der Waals surface area (Å²) in [5, 5.41) is 4.10. The number of hydrogen-bond acceptors (Lipinski definition) is 5. The van der Waals surface area contributed by atoms with E-state index in [0.717, 1.165) is 49.6 Å². The zero-order chi connectivity index (χ0) is 21.1. The van der Waals surface area contributed by atoms with Gasteiger partial charge in [0, 0.05) is 37.0 Å². The molecule has 1 N–H and O–H groups in total. The van der Waals surface area contributed by atoms with Gasteiger partial charge in [-0.1, -0.05) is 61.7 Å². The van der Waals surface area contributed by atoms with Crippen LogP contribution >= 0.6 is 23.4 Å². The van der Waals surface area contributed by atoms with Crippen LogP contribution in [0.1, 0.15) is 62.4 Å². The highest BCUT2D eigenvalue weighted by Crippen LogP contribution is 2.24. The predicted molar refractivity (Wildman–Crippen MR) is 123 cm³/mol. The maximum atomic E-state index is 12.2. The van der Waals surface area contributed by atoms with Crippen molar-refractivity contribution in [1.29, 1.82) is 0 Å². The second kappa shape index (κ2) is 12.7. The molecule has 0 aliphatic carbocycles. The number of thioether (sulfide) groups is 1. The molecular weight excluding hydrogens is 404 g/mol. The normalized spacial score (nSPS) is 10.8. The molecule has 2 rings (SSSR count). The highest BCUT2D eigenvalue weighted by molar-refractivity contribution is 7.98. The zero-order valence-electron chi connectivity index (χ0n) is 17.6. The van der Waals surface area contributed by atoms with Crippen LogP contribution in [0.15, 0.2) is 35.5 Å². The molecular formula is C22H31ClN4OS. The third-order valence-corrected chi connectivity index (χ3v) is 5.76. The van der Waals surface area contributed by atoms with E-state index in [2.05, 4.69) is 41.0 Å². The summed E-state index contributed by atoms with van der Waals surface area (Å²) in [5.74, 6) is 1.56. The van der Waals surface area contributed by atoms with Gasteiger partial charge in [0.1, 0.15) is 11.0 Å². The van der Waals surface area contributed by atoms with Crippen molar-refractivity contribution in [3.05, 3.63) is 46.6 Å². The molecule has 2 aromatic rings. The molecule has 0 aliphatic rings. The summed E-state index contributed by atoms with van der Waals surface area (Å²) in [5.41, 5.74) is 1.81. The van der Waals surface area contributed by atoms with Crippen LogP contribution in [-0.2, 0) is 5.75 Å². The van der Waals surface area contributed by atoms with Crippen LogP contribution in [0.2, 0.25) is 5.15 Å². The van der Waals surface area contributed by atoms with E-state index in [9.17, 15) is 4.79 Å². The van der Waals surface area contributed by atoms with E-state index in [-0.39, 0.29) is 5.91 Å². The van der Waals surface area contributed by atoms with Crippen molar-refractivity contribution in [2.75, 3.05) is 24.5 Å². The molecule has 29 heavy (non-hydrogen) atoms. The maximum absolute atomic E-state index is 12.2. The van der Waals surface area contributed by atoms with Crippen LogP contribution in [0.4, 0.5) is 5.82 Å². The number of carbonyl (C=O) groups excluding carboxylic acids is 1. The average Bonchev–Trinajstić information content (AvgIpc) is 2.73. The number of amides is 1. The molecule has 0 bridgehead atoms. The van der Waals surface area contributed by atoms with Crippen molar-refractivity contribution in [3.63, 3.8) is 0 Å². The van der Waals surface area contributed by atoms with Crippen LogP contribution in [0, 0.1) is 0 Å². The lowest BCUT2D eigenvalue weighted by molar-refractivity contribution is 0.0953. The number of nitrogens with zero attached hydrogens (tertiary/aromatic N) is 3. The third kappa shape index (κ3) is 7.86. The summed E-state index contributed by atoms with van der Waals surface area (Å²) >= 11 is 7.72. The summed E-state index contributed by atoms with van der Waals surface area (Å²) < 4.78 is 0. The third-order valence-electron chi connectivity index (χ3n) is 4.65. The van der Waals surface area contributed by atoms with Crippen molar-refractivity contribution >= 4 is 35.1 Å². The zero-order valence-corrected chi connectivity index (χ0v) is 19.2. The number of benzene rings is 1. The van der Waals surface area contributed by atoms with E-state index in [1.165, 1.54) is 12.8 Å². The SMILES string of the molecule is CCCCCCNC(=O)c1ccc(CSc2nc(Cl)cc(N(CC)CC)n2)cc1. The number of halogens is 1. The van der Waals surface area contributed by atoms with Crippen molar-refractivity contribution in [2.24, 2.45) is 0 Å². The van der Waals surface area contributed by atoms with Gasteiger partial charge in [-0.15, -0.1) is 0 Å². The number of aromatic nitrogens is 2. The minimum absolute atomic E-state index is 0.0114. The molecule has 1 aromatic carbocycles. The van der Waals surface area contributed by atoms with Gasteiger partial charge in [0.15, 0.2) is 5.16 Å². The molecule has 0 fully saturated rings. The van der Waals surface area contributed by atoms with Gasteiger partial charge in [0.05, 0.1) is 0 Å². The standard InChI is InChI=1S/C22H31ClN4OS/c1-4-7-8-9-14-24-21(28)18-12-10-17(11-13-18)16-29-22-25-19(23)15-20(26-22)27(5-2)6-3/h10-13,15H,4-9,14,16H2,1-3H3,(H,24,28). The van der Waals surface area contributed by atoms with Gasteiger partial charge in [-0.3, -0.25) is 4.79 Å². The first-order valence-corrected chi connectivity index (χ1v) is 11.7. The molecule has 0 saturated carbocycles. The topological polar surface area (TPSA) is 58.1 Å². The molecule has 0 aliphatic heterocycles. The predicted octanol–water partition coefficient (Wildman–Crippen LogP) is 5.58. The minimum atomic E-state index is -0.0114. The van der Waals surface area contributed by atoms with Crippen LogP contribution < -0.4 is 10.2 Å². The first kappa shape index (κ1) is 23.5. The van der Waals surface area contributed by atoms with Crippen LogP contribution in [0.25, 0.3) is 0 Å². The number of hydrogen-bond donors (Lipinski definition) is 1. The second-order valence-electron chi connectivity index (χ2n) is 6.81. The first-order valence-electron chi connectivity index (χ1n) is 10.4. The summed E-state index contributed by atoms with van der Waals surface area (Å²) in [6.07, 6.45) is 4.61. The fourth-order valence-corrected chi connectivity index (χ4v) is 3.95. The molecule has 0 radical (unpaired) electrons. The Morgan fingerprint density at radius 3 is 2.45 bits per heavy atom. The molecule has 1 aromatic heterocycles. The molecule has 5 nitrogen and oxygen atoms in total. The molecule has 0 unspecified atom stereocenters. The number of carbonyl (C=O) groups is 1. The summed E-state index contributed by atoms with van der Waals surface area (Å²) in [7, 11) is 0. The van der Waals surface area contributed by atoms with E-state index >= 15 is 0 Å². The second-order valence-corrected chi connectivity index (χ2v) is 8.14. The van der Waals surface area contributed by atoms with Gasteiger partial charge >= 0.3 is 0 Å². The highest BCUT2D eigenvalue weighted by Gasteiger charge is 2.10. The van der Waals surface area contributed by atoms with Gasteiger partial charge in [0.2, 0.25) is 0 Å². The highest BCUT2D eigenvalue weighted by atomic mass is 35.5. The number of anilines is 1. The number of nitrogens with one attached hydrogen (secondary N) is 1. The number of rotatable bonds is 12. The van der Waals surface area contributed by atoms with E-state index in [0.29, 0.717) is 15.9 Å². The Balaban J connectivity index is 1.89. The lowest BCUT2D eigenvalue weighted by atomic mass is 10.1. The minimum Gasteiger partial charge on any atom is -0.357 e. The Kier molecular flexibility index (Phi) is 10.3. The molecule has 1 heterocycles. The Hall–Kier alpha value is -1.79. The van der Waals surface area contributed by atoms with E-state index in [4.69, 9.17) is 11.6 Å². The van der Waals surface area contributed by atoms with Gasteiger partial charge in [-0.05, 0) is 38.0 Å². The van der Waals surface area contributed by atoms with Crippen molar-refractivity contribution < 1.29 is 4.79 Å². The smallest absolute Gasteiger partial charge is 0.251 e. The summed E-state index contributed by atoms with van der Waals surface area (Å²) in [4.78, 5) is 23.3. The number of unbranched alkanes of at least 4 members (excludes halogenated alkanes) is 3. The molecule has 0 atom stereocenters. The first-order chi connectivity index (χ1) is 14.1. The van der Waals surface area contributed by atoms with Crippen molar-refractivity contribution in [3.8, 4) is 0 Å². The Bertz CT molecular complexity index is 766. The molecule has 1 amide bonds. The largest absolute Gasteiger partial charge is 0.357 e. The fourth-order valence-electron chi connectivity index (χ4n) is 2.92. The lowest BCUT2D eigenvalue weighted by Gasteiger charge is -2.20. The van der Waals surface area contributed by atoms with Crippen LogP contribution in [0.3, 0.4) is 0 Å². The molecule has 7 heteroatoms. The summed E-state index contributed by atoms with van der Waals surface area (Å²) in [6, 6.07) is 9.51. The van der Waals surface area contributed by atoms with Gasteiger partial charge < -0.3 is 10.2 Å². The lowest BCUT2D eigenvalue weighted by Crippen LogP contribution is -2.24. The fraction of sp³-hybridized carbons (Fsp3) is 0.500. The molecule has 158 valence electrons. The van der Waals surface area contributed by atoms with Gasteiger partial charge in [0.25, 0.3) is 5.91 Å². The van der Waals surface area contributed by atoms with E-state index in [1.54, 1.807) is 17.8 Å². The quantitative estimate of drug-likeness (QED) is 0.204. The Labute approximate surface area is 183 Å². The van der Waals surface area contributed by atoms with E-state index in [1.807, 2.05) is 24.3 Å².